The number of nitro benzene ring substituents is 1. The first-order valence-corrected chi connectivity index (χ1v) is 13.2. The van der Waals surface area contributed by atoms with Gasteiger partial charge in [0.1, 0.15) is 16.5 Å². The van der Waals surface area contributed by atoms with E-state index in [0.29, 0.717) is 42.7 Å². The lowest BCUT2D eigenvalue weighted by Crippen LogP contribution is -2.39. The standard InChI is InChI=1S/C27H19Cl2N3O6S/c1-3-37-26(34)23-14(2)30-27-31(24(23)15-4-7-17(28)8-5-15)25(33)22(39-27)13-18-9-11-21(38-18)16-6-10-20(32(35)36)19(29)12-16/h4-13,24H,3H2,1-2H3/b22-13-/t24-/m1/s1. The maximum absolute atomic E-state index is 13.7. The average molecular weight is 584 g/mol. The first-order valence-electron chi connectivity index (χ1n) is 11.7. The number of fused-ring (bicyclic) bond motifs is 1. The van der Waals surface area contributed by atoms with Crippen LogP contribution in [-0.4, -0.2) is 22.1 Å². The second-order valence-electron chi connectivity index (χ2n) is 8.48. The van der Waals surface area contributed by atoms with Crippen molar-refractivity contribution in [3.05, 3.63) is 117 Å². The van der Waals surface area contributed by atoms with Crippen LogP contribution in [0.2, 0.25) is 10.0 Å². The third-order valence-electron chi connectivity index (χ3n) is 6.03. The Morgan fingerprint density at radius 3 is 2.62 bits per heavy atom. The third-order valence-corrected chi connectivity index (χ3v) is 7.57. The predicted octanol–water partition coefficient (Wildman–Crippen LogP) is 5.27. The molecule has 5 rings (SSSR count). The van der Waals surface area contributed by atoms with Gasteiger partial charge in [-0.3, -0.25) is 19.5 Å². The molecule has 0 N–H and O–H groups in total. The summed E-state index contributed by atoms with van der Waals surface area (Å²) in [6, 6.07) is 13.8. The molecule has 2 aromatic heterocycles. The van der Waals surface area contributed by atoms with Crippen LogP contribution in [-0.2, 0) is 9.53 Å². The lowest BCUT2D eigenvalue weighted by molar-refractivity contribution is -0.384. The average Bonchev–Trinajstić information content (AvgIpc) is 3.48. The number of hydrogen-bond acceptors (Lipinski definition) is 8. The summed E-state index contributed by atoms with van der Waals surface area (Å²) in [4.78, 5) is 42.1. The van der Waals surface area contributed by atoms with Crippen LogP contribution in [0.15, 0.2) is 80.1 Å². The van der Waals surface area contributed by atoms with E-state index < -0.39 is 16.9 Å². The van der Waals surface area contributed by atoms with E-state index in [1.54, 1.807) is 56.3 Å². The number of carbonyl (C=O) groups is 1. The molecule has 1 aliphatic rings. The normalized spacial score (nSPS) is 15.2. The lowest BCUT2D eigenvalue weighted by atomic mass is 9.96. The number of furan rings is 1. The molecule has 0 fully saturated rings. The summed E-state index contributed by atoms with van der Waals surface area (Å²) in [5, 5.41) is 11.6. The lowest BCUT2D eigenvalue weighted by Gasteiger charge is -2.24. The van der Waals surface area contributed by atoms with Crippen molar-refractivity contribution < 1.29 is 18.9 Å². The molecule has 9 nitrogen and oxygen atoms in total. The minimum atomic E-state index is -0.755. The van der Waals surface area contributed by atoms with Gasteiger partial charge < -0.3 is 9.15 Å². The van der Waals surface area contributed by atoms with Crippen LogP contribution in [0.25, 0.3) is 17.4 Å². The molecule has 0 aliphatic carbocycles. The van der Waals surface area contributed by atoms with Crippen molar-refractivity contribution in [1.82, 2.24) is 4.57 Å². The number of nitrogens with zero attached hydrogens (tertiary/aromatic N) is 3. The molecule has 0 saturated carbocycles. The van der Waals surface area contributed by atoms with Gasteiger partial charge in [0.2, 0.25) is 0 Å². The number of carbonyl (C=O) groups excluding carboxylic acids is 1. The molecule has 2 aromatic carbocycles. The summed E-state index contributed by atoms with van der Waals surface area (Å²) < 4.78 is 13.0. The highest BCUT2D eigenvalue weighted by Crippen LogP contribution is 2.32. The van der Waals surface area contributed by atoms with Gasteiger partial charge in [-0.05, 0) is 55.8 Å². The number of esters is 1. The molecule has 0 bridgehead atoms. The SMILES string of the molecule is CCOC(=O)C1=C(C)N=c2s/c(=C\c3ccc(-c4ccc([N+](=O)[O-])c(Cl)c4)o3)c(=O)n2[C@@H]1c1ccc(Cl)cc1. The summed E-state index contributed by atoms with van der Waals surface area (Å²) in [5.41, 5.74) is 1.39. The largest absolute Gasteiger partial charge is 0.463 e. The Balaban J connectivity index is 1.60. The van der Waals surface area contributed by atoms with Crippen LogP contribution in [0.4, 0.5) is 5.69 Å². The number of rotatable bonds is 6. The van der Waals surface area contributed by atoms with Gasteiger partial charge in [-0.2, -0.15) is 0 Å². The van der Waals surface area contributed by atoms with E-state index in [1.165, 1.54) is 22.8 Å². The topological polar surface area (TPSA) is 117 Å². The zero-order valence-electron chi connectivity index (χ0n) is 20.5. The molecule has 0 amide bonds. The highest BCUT2D eigenvalue weighted by Gasteiger charge is 2.33. The van der Waals surface area contributed by atoms with Crippen LogP contribution < -0.4 is 14.9 Å². The van der Waals surface area contributed by atoms with Gasteiger partial charge in [0.15, 0.2) is 4.80 Å². The van der Waals surface area contributed by atoms with Crippen molar-refractivity contribution in [2.45, 2.75) is 19.9 Å². The Labute approximate surface area is 235 Å². The zero-order valence-corrected chi connectivity index (χ0v) is 22.8. The molecule has 39 heavy (non-hydrogen) atoms. The Kier molecular flexibility index (Phi) is 7.26. The van der Waals surface area contributed by atoms with Gasteiger partial charge in [-0.1, -0.05) is 46.7 Å². The number of benzene rings is 2. The van der Waals surface area contributed by atoms with Crippen molar-refractivity contribution >= 4 is 52.3 Å². The molecular weight excluding hydrogens is 565 g/mol. The van der Waals surface area contributed by atoms with E-state index in [9.17, 15) is 19.7 Å². The Bertz CT molecular complexity index is 1840. The first-order chi connectivity index (χ1) is 18.7. The van der Waals surface area contributed by atoms with E-state index in [-0.39, 0.29) is 28.4 Å². The molecule has 0 saturated heterocycles. The number of ether oxygens (including phenoxy) is 1. The van der Waals surface area contributed by atoms with E-state index in [2.05, 4.69) is 4.99 Å². The highest BCUT2D eigenvalue weighted by molar-refractivity contribution is 7.07. The van der Waals surface area contributed by atoms with E-state index >= 15 is 0 Å². The predicted molar refractivity (Wildman–Crippen MR) is 148 cm³/mol. The van der Waals surface area contributed by atoms with Gasteiger partial charge >= 0.3 is 5.97 Å². The molecule has 1 atom stereocenters. The molecule has 0 unspecified atom stereocenters. The fraction of sp³-hybridized carbons (Fsp3) is 0.148. The summed E-state index contributed by atoms with van der Waals surface area (Å²) in [7, 11) is 0. The Morgan fingerprint density at radius 2 is 1.95 bits per heavy atom. The van der Waals surface area contributed by atoms with E-state index in [4.69, 9.17) is 32.4 Å². The number of halogens is 2. The molecule has 4 aromatic rings. The molecule has 0 radical (unpaired) electrons. The summed E-state index contributed by atoms with van der Waals surface area (Å²) in [6.45, 7) is 3.59. The highest BCUT2D eigenvalue weighted by atomic mass is 35.5. The number of aromatic nitrogens is 1. The maximum atomic E-state index is 13.7. The van der Waals surface area contributed by atoms with E-state index in [0.717, 1.165) is 11.3 Å². The van der Waals surface area contributed by atoms with Gasteiger partial charge in [0.05, 0.1) is 33.4 Å². The van der Waals surface area contributed by atoms with Gasteiger partial charge in [-0.15, -0.1) is 0 Å². The van der Waals surface area contributed by atoms with Crippen LogP contribution in [0.1, 0.15) is 31.2 Å². The third kappa shape index (κ3) is 5.06. The fourth-order valence-corrected chi connectivity index (χ4v) is 5.68. The second kappa shape index (κ2) is 10.6. The zero-order chi connectivity index (χ0) is 27.8. The van der Waals surface area contributed by atoms with Crippen molar-refractivity contribution in [2.24, 2.45) is 4.99 Å². The monoisotopic (exact) mass is 583 g/mol. The van der Waals surface area contributed by atoms with Crippen molar-refractivity contribution in [3.63, 3.8) is 0 Å². The minimum Gasteiger partial charge on any atom is -0.463 e. The Hall–Kier alpha value is -3.99. The van der Waals surface area contributed by atoms with Crippen LogP contribution in [0.5, 0.6) is 0 Å². The van der Waals surface area contributed by atoms with Crippen LogP contribution >= 0.6 is 34.5 Å². The van der Waals surface area contributed by atoms with Crippen molar-refractivity contribution in [2.75, 3.05) is 6.61 Å². The molecule has 3 heterocycles. The molecule has 0 spiro atoms. The maximum Gasteiger partial charge on any atom is 0.338 e. The number of hydrogen-bond donors (Lipinski definition) is 0. The van der Waals surface area contributed by atoms with Crippen LogP contribution in [0, 0.1) is 10.1 Å². The van der Waals surface area contributed by atoms with Gasteiger partial charge in [0, 0.05) is 22.7 Å². The minimum absolute atomic E-state index is 0.0151. The summed E-state index contributed by atoms with van der Waals surface area (Å²) in [6.07, 6.45) is 1.59. The van der Waals surface area contributed by atoms with Crippen molar-refractivity contribution in [3.8, 4) is 11.3 Å². The number of allylic oxidation sites excluding steroid dienone is 1. The molecular formula is C27H19Cl2N3O6S. The van der Waals surface area contributed by atoms with Crippen LogP contribution in [0.3, 0.4) is 0 Å². The quantitative estimate of drug-likeness (QED) is 0.173. The number of thiazole rings is 1. The molecule has 12 heteroatoms. The molecule has 198 valence electrons. The fourth-order valence-electron chi connectivity index (χ4n) is 4.27. The smallest absolute Gasteiger partial charge is 0.338 e. The van der Waals surface area contributed by atoms with Crippen molar-refractivity contribution in [1.29, 1.82) is 0 Å². The van der Waals surface area contributed by atoms with E-state index in [1.807, 2.05) is 0 Å². The Morgan fingerprint density at radius 1 is 1.21 bits per heavy atom. The first kappa shape index (κ1) is 26.6. The second-order valence-corrected chi connectivity index (χ2v) is 10.3. The summed E-state index contributed by atoms with van der Waals surface area (Å²) >= 11 is 13.3. The summed E-state index contributed by atoms with van der Waals surface area (Å²) in [5.74, 6) is 0.254. The number of nitro groups is 1. The molecule has 1 aliphatic heterocycles. The van der Waals surface area contributed by atoms with Gasteiger partial charge in [0.25, 0.3) is 11.2 Å². The van der Waals surface area contributed by atoms with Gasteiger partial charge in [-0.25, -0.2) is 9.79 Å².